The topological polar surface area (TPSA) is 191 Å². The van der Waals surface area contributed by atoms with E-state index < -0.39 is 29.2 Å². The molecule has 4 rings (SSSR count). The molecule has 0 aliphatic carbocycles. The zero-order chi connectivity index (χ0) is 24.4. The Kier molecular flexibility index (Phi) is 6.90. The van der Waals surface area contributed by atoms with Crippen LogP contribution in [0.2, 0.25) is 0 Å². The number of nitrogens with zero attached hydrogens (tertiary/aromatic N) is 6. The number of carbonyl (C=O) groups is 3. The largest absolute Gasteiger partial charge is 0.477 e. The zero-order valence-corrected chi connectivity index (χ0v) is 19.6. The van der Waals surface area contributed by atoms with E-state index in [-0.39, 0.29) is 23.7 Å². The van der Waals surface area contributed by atoms with Crippen molar-refractivity contribution in [2.75, 3.05) is 18.6 Å². The number of carboxylic acids is 1. The number of nitrogens with two attached hydrogens (primary N) is 1. The van der Waals surface area contributed by atoms with Gasteiger partial charge in [0, 0.05) is 18.6 Å². The number of hydrogen-bond donors (Lipinski definition) is 3. The second-order valence-corrected chi connectivity index (χ2v) is 9.13. The van der Waals surface area contributed by atoms with Gasteiger partial charge in [0.05, 0.1) is 6.54 Å². The fourth-order valence-corrected chi connectivity index (χ4v) is 5.74. The number of carbonyl (C=O) groups excluding carboxylic acids is 2. The van der Waals surface area contributed by atoms with Crippen molar-refractivity contribution in [3.63, 3.8) is 0 Å². The van der Waals surface area contributed by atoms with Crippen LogP contribution in [0.25, 0.3) is 0 Å². The first kappa shape index (κ1) is 23.8. The van der Waals surface area contributed by atoms with E-state index in [1.807, 2.05) is 0 Å². The number of tetrazole rings is 1. The third kappa shape index (κ3) is 4.38. The fourth-order valence-electron chi connectivity index (χ4n) is 3.40. The quantitative estimate of drug-likeness (QED) is 0.165. The summed E-state index contributed by atoms with van der Waals surface area (Å²) in [5, 5.41) is 27.2. The fraction of sp³-hybridized carbons (Fsp3) is 0.389. The second-order valence-electron chi connectivity index (χ2n) is 7.08. The monoisotopic (exact) mass is 508 g/mol. The molecule has 1 saturated heterocycles. The lowest BCUT2D eigenvalue weighted by Crippen LogP contribution is -2.71. The van der Waals surface area contributed by atoms with Gasteiger partial charge in [-0.3, -0.25) is 14.5 Å². The summed E-state index contributed by atoms with van der Waals surface area (Å²) in [6.07, 6.45) is 0. The number of hydrogen-bond acceptors (Lipinski definition) is 12. The molecule has 14 nitrogen and oxygen atoms in total. The molecule has 4 N–H and O–H groups in total. The minimum absolute atomic E-state index is 0.0914. The average molecular weight is 509 g/mol. The molecule has 180 valence electrons. The van der Waals surface area contributed by atoms with Crippen molar-refractivity contribution in [1.29, 1.82) is 0 Å². The summed E-state index contributed by atoms with van der Waals surface area (Å²) in [7, 11) is 2.95. The highest BCUT2D eigenvalue weighted by molar-refractivity contribution is 8.01. The number of nitrogens with one attached hydrogen (secondary N) is 1. The van der Waals surface area contributed by atoms with E-state index in [1.54, 1.807) is 13.1 Å². The van der Waals surface area contributed by atoms with Crippen LogP contribution >= 0.6 is 23.5 Å². The Labute approximate surface area is 200 Å². The van der Waals surface area contributed by atoms with Gasteiger partial charge in [-0.05, 0) is 28.1 Å². The van der Waals surface area contributed by atoms with Crippen molar-refractivity contribution in [3.8, 4) is 0 Å². The van der Waals surface area contributed by atoms with E-state index in [9.17, 15) is 19.5 Å². The predicted molar refractivity (Wildman–Crippen MR) is 119 cm³/mol. The molecule has 2 aromatic heterocycles. The molecule has 2 aliphatic heterocycles. The Morgan fingerprint density at radius 2 is 2.26 bits per heavy atom. The third-order valence-electron chi connectivity index (χ3n) is 4.99. The van der Waals surface area contributed by atoms with Crippen molar-refractivity contribution >= 4 is 47.0 Å². The number of thioether (sulfide) groups is 2. The Hall–Kier alpha value is -3.37. The summed E-state index contributed by atoms with van der Waals surface area (Å²) in [6, 6.07) is 2.18. The Bertz CT molecular complexity index is 1190. The van der Waals surface area contributed by atoms with E-state index in [1.165, 1.54) is 46.3 Å². The van der Waals surface area contributed by atoms with Gasteiger partial charge in [-0.15, -0.1) is 16.9 Å². The van der Waals surface area contributed by atoms with Crippen LogP contribution in [-0.4, -0.2) is 83.7 Å². The molecule has 0 bridgehead atoms. The van der Waals surface area contributed by atoms with E-state index in [2.05, 4.69) is 26.0 Å². The number of furan rings is 1. The molecular formula is C18H20N8O6S2. The molecule has 2 aliphatic rings. The Morgan fingerprint density at radius 3 is 2.88 bits per heavy atom. The molecule has 0 unspecified atom stereocenters. The summed E-state index contributed by atoms with van der Waals surface area (Å²) in [5.41, 5.74) is 5.84. The number of carboxylic acid groups (broad SMARTS) is 1. The molecule has 2 atom stereocenters. The molecule has 34 heavy (non-hydrogen) atoms. The van der Waals surface area contributed by atoms with Crippen molar-refractivity contribution in [3.05, 3.63) is 34.9 Å². The van der Waals surface area contributed by atoms with Crippen LogP contribution < -0.4 is 11.1 Å². The van der Waals surface area contributed by atoms with Crippen molar-refractivity contribution in [2.45, 2.75) is 23.1 Å². The van der Waals surface area contributed by atoms with Crippen LogP contribution in [0.5, 0.6) is 0 Å². The van der Waals surface area contributed by atoms with Gasteiger partial charge in [-0.2, -0.15) is 0 Å². The zero-order valence-electron chi connectivity index (χ0n) is 18.0. The lowest BCUT2D eigenvalue weighted by molar-refractivity contribution is -0.150. The van der Waals surface area contributed by atoms with E-state index in [0.29, 0.717) is 28.0 Å². The minimum atomic E-state index is -1.22. The van der Waals surface area contributed by atoms with Crippen LogP contribution in [0.4, 0.5) is 0 Å². The highest BCUT2D eigenvalue weighted by Crippen LogP contribution is 2.41. The molecule has 0 radical (unpaired) electrons. The Morgan fingerprint density at radius 1 is 1.47 bits per heavy atom. The lowest BCUT2D eigenvalue weighted by Gasteiger charge is -2.49. The maximum atomic E-state index is 12.9. The van der Waals surface area contributed by atoms with Crippen molar-refractivity contribution < 1.29 is 28.7 Å². The molecular weight excluding hydrogens is 488 g/mol. The van der Waals surface area contributed by atoms with E-state index in [0.717, 1.165) is 0 Å². The van der Waals surface area contributed by atoms with Gasteiger partial charge in [0.1, 0.15) is 30.0 Å². The number of rotatable bonds is 9. The molecule has 4 heterocycles. The number of β-lactam (4-membered cyclic amide) rings is 1. The first-order valence-corrected chi connectivity index (χ1v) is 11.9. The third-order valence-corrected chi connectivity index (χ3v) is 7.42. The van der Waals surface area contributed by atoms with Crippen LogP contribution in [-0.2, 0) is 32.8 Å². The van der Waals surface area contributed by atoms with Crippen LogP contribution in [0.15, 0.2) is 38.1 Å². The maximum Gasteiger partial charge on any atom is 0.352 e. The number of aromatic nitrogens is 4. The van der Waals surface area contributed by atoms with Gasteiger partial charge < -0.3 is 25.4 Å². The first-order chi connectivity index (χ1) is 16.3. The number of fused-ring (bicyclic) bond motifs is 1. The summed E-state index contributed by atoms with van der Waals surface area (Å²) in [6.45, 7) is 0.134. The standard InChI is InChI=1S/C18H20N8O6S2/c1-25-18(21-23-24-25)34-7-8-6-33-16-12(15(28)26(16)13(8)17(29)30)20-14(27)11(22-31-2)10-4-3-9(5-19)32-10/h3-4,12,16H,5-7,19H2,1-2H3,(H,20,27)(H,29,30)/t12-,16+/m1/s1. The van der Waals surface area contributed by atoms with Gasteiger partial charge in [-0.1, -0.05) is 16.9 Å². The maximum absolute atomic E-state index is 12.9. The van der Waals surface area contributed by atoms with Crippen LogP contribution in [0, 0.1) is 0 Å². The number of oxime groups is 1. The van der Waals surface area contributed by atoms with Gasteiger partial charge >= 0.3 is 5.97 Å². The average Bonchev–Trinajstić information content (AvgIpc) is 3.47. The molecule has 2 aromatic rings. The van der Waals surface area contributed by atoms with Crippen molar-refractivity contribution in [1.82, 2.24) is 30.4 Å². The number of aliphatic carboxylic acids is 1. The molecule has 16 heteroatoms. The van der Waals surface area contributed by atoms with Crippen molar-refractivity contribution in [2.24, 2.45) is 17.9 Å². The number of amides is 2. The van der Waals surface area contributed by atoms with Gasteiger partial charge in [-0.25, -0.2) is 9.48 Å². The smallest absolute Gasteiger partial charge is 0.352 e. The van der Waals surface area contributed by atoms with Crippen LogP contribution in [0.1, 0.15) is 11.5 Å². The highest BCUT2D eigenvalue weighted by Gasteiger charge is 2.54. The second kappa shape index (κ2) is 9.86. The molecule has 2 amide bonds. The summed E-state index contributed by atoms with van der Waals surface area (Å²) in [4.78, 5) is 43.7. The minimum Gasteiger partial charge on any atom is -0.477 e. The van der Waals surface area contributed by atoms with Gasteiger partial charge in [0.2, 0.25) is 10.9 Å². The molecule has 0 saturated carbocycles. The summed E-state index contributed by atoms with van der Waals surface area (Å²) < 4.78 is 6.94. The lowest BCUT2D eigenvalue weighted by atomic mass is 10.0. The molecule has 0 spiro atoms. The molecule has 0 aromatic carbocycles. The highest BCUT2D eigenvalue weighted by atomic mass is 32.2. The predicted octanol–water partition coefficient (Wildman–Crippen LogP) is -0.857. The number of aryl methyl sites for hydroxylation is 1. The summed E-state index contributed by atoms with van der Waals surface area (Å²) in [5.74, 6) is -1.23. The SMILES string of the molecule is CON=C(C(=O)N[C@@H]1C(=O)N2C(C(=O)O)=C(CSc3nnnn3C)CS[C@@H]12)c1ccc(CN)o1. The van der Waals surface area contributed by atoms with Gasteiger partial charge in [0.15, 0.2) is 5.76 Å². The van der Waals surface area contributed by atoms with Crippen LogP contribution in [0.3, 0.4) is 0 Å². The van der Waals surface area contributed by atoms with Gasteiger partial charge in [0.25, 0.3) is 11.8 Å². The normalized spacial score (nSPS) is 20.1. The first-order valence-electron chi connectivity index (χ1n) is 9.82. The summed E-state index contributed by atoms with van der Waals surface area (Å²) >= 11 is 2.62. The van der Waals surface area contributed by atoms with E-state index >= 15 is 0 Å². The Balaban J connectivity index is 1.49. The molecule has 1 fully saturated rings. The van der Waals surface area contributed by atoms with E-state index in [4.69, 9.17) is 15.0 Å².